The zero-order chi connectivity index (χ0) is 15.7. The lowest BCUT2D eigenvalue weighted by molar-refractivity contribution is -0.148. The molecule has 0 aromatic carbocycles. The van der Waals surface area contributed by atoms with Crippen LogP contribution in [0.25, 0.3) is 0 Å². The lowest BCUT2D eigenvalue weighted by Gasteiger charge is -2.42. The van der Waals surface area contributed by atoms with Crippen molar-refractivity contribution in [2.24, 2.45) is 5.92 Å². The van der Waals surface area contributed by atoms with Crippen LogP contribution in [-0.4, -0.2) is 71.7 Å². The van der Waals surface area contributed by atoms with Crippen molar-refractivity contribution in [3.05, 3.63) is 24.2 Å². The van der Waals surface area contributed by atoms with Crippen LogP contribution >= 0.6 is 0 Å². The summed E-state index contributed by atoms with van der Waals surface area (Å²) < 4.78 is 5.11. The van der Waals surface area contributed by atoms with E-state index in [9.17, 15) is 14.4 Å². The van der Waals surface area contributed by atoms with Gasteiger partial charge in [-0.05, 0) is 12.1 Å². The first kappa shape index (κ1) is 14.6. The summed E-state index contributed by atoms with van der Waals surface area (Å²) in [6.45, 7) is 4.62. The Hall–Kier alpha value is -2.31. The summed E-state index contributed by atoms with van der Waals surface area (Å²) in [6.07, 6.45) is 1.48. The van der Waals surface area contributed by atoms with E-state index in [-0.39, 0.29) is 23.6 Å². The van der Waals surface area contributed by atoms with Crippen LogP contribution in [0.3, 0.4) is 0 Å². The molecule has 0 unspecified atom stereocenters. The molecular weight excluding hydrogens is 286 g/mol. The molecule has 1 aromatic heterocycles. The van der Waals surface area contributed by atoms with Gasteiger partial charge in [-0.15, -0.1) is 0 Å². The van der Waals surface area contributed by atoms with E-state index in [1.165, 1.54) is 13.2 Å². The molecule has 0 atom stereocenters. The van der Waals surface area contributed by atoms with Gasteiger partial charge < -0.3 is 19.1 Å². The second-order valence-corrected chi connectivity index (χ2v) is 5.72. The number of amides is 3. The molecule has 7 nitrogen and oxygen atoms in total. The van der Waals surface area contributed by atoms with Crippen LogP contribution in [-0.2, 0) is 9.59 Å². The molecule has 0 spiro atoms. The van der Waals surface area contributed by atoms with E-state index in [0.29, 0.717) is 45.0 Å². The zero-order valence-corrected chi connectivity index (χ0v) is 12.5. The van der Waals surface area contributed by atoms with Crippen LogP contribution in [0.5, 0.6) is 0 Å². The van der Waals surface area contributed by atoms with E-state index >= 15 is 0 Å². The number of likely N-dealkylation sites (tertiary alicyclic amines) is 1. The summed E-state index contributed by atoms with van der Waals surface area (Å²) in [5, 5.41) is 0. The number of carbonyl (C=O) groups is 3. The van der Waals surface area contributed by atoms with Crippen LogP contribution in [0, 0.1) is 5.92 Å². The van der Waals surface area contributed by atoms with E-state index in [2.05, 4.69) is 0 Å². The second kappa shape index (κ2) is 5.82. The number of hydrogen-bond acceptors (Lipinski definition) is 4. The minimum atomic E-state index is -0.136. The number of rotatable bonds is 2. The quantitative estimate of drug-likeness (QED) is 0.773. The van der Waals surface area contributed by atoms with Gasteiger partial charge in [-0.3, -0.25) is 14.4 Å². The van der Waals surface area contributed by atoms with Crippen LogP contribution in [0.1, 0.15) is 17.5 Å². The Morgan fingerprint density at radius 3 is 2.23 bits per heavy atom. The third kappa shape index (κ3) is 2.70. The van der Waals surface area contributed by atoms with Crippen LogP contribution in [0.4, 0.5) is 0 Å². The molecule has 7 heteroatoms. The molecule has 0 bridgehead atoms. The molecule has 2 aliphatic heterocycles. The normalized spacial score (nSPS) is 19.0. The lowest BCUT2D eigenvalue weighted by Crippen LogP contribution is -2.59. The van der Waals surface area contributed by atoms with E-state index in [1.807, 2.05) is 0 Å². The minimum Gasteiger partial charge on any atom is -0.459 e. The van der Waals surface area contributed by atoms with Gasteiger partial charge in [0.05, 0.1) is 12.2 Å². The molecule has 0 radical (unpaired) electrons. The summed E-state index contributed by atoms with van der Waals surface area (Å²) >= 11 is 0. The van der Waals surface area contributed by atoms with Gasteiger partial charge in [-0.25, -0.2) is 0 Å². The van der Waals surface area contributed by atoms with Crippen molar-refractivity contribution in [3.63, 3.8) is 0 Å². The Morgan fingerprint density at radius 2 is 1.68 bits per heavy atom. The predicted octanol–water partition coefficient (Wildman–Crippen LogP) is 0.0423. The SMILES string of the molecule is CC(=O)N1CC(C(=O)N2CCN(C(=O)c3ccco3)CC2)C1. The van der Waals surface area contributed by atoms with Gasteiger partial charge in [-0.1, -0.05) is 0 Å². The molecule has 2 saturated heterocycles. The monoisotopic (exact) mass is 305 g/mol. The molecule has 22 heavy (non-hydrogen) atoms. The van der Waals surface area contributed by atoms with Crippen molar-refractivity contribution >= 4 is 17.7 Å². The van der Waals surface area contributed by atoms with Crippen molar-refractivity contribution in [2.45, 2.75) is 6.92 Å². The molecule has 0 aliphatic carbocycles. The third-order valence-electron chi connectivity index (χ3n) is 4.29. The Balaban J connectivity index is 1.49. The summed E-state index contributed by atoms with van der Waals surface area (Å²) in [4.78, 5) is 40.8. The Morgan fingerprint density at radius 1 is 1.05 bits per heavy atom. The fraction of sp³-hybridized carbons (Fsp3) is 0.533. The number of nitrogens with zero attached hydrogens (tertiary/aromatic N) is 3. The highest BCUT2D eigenvalue weighted by Crippen LogP contribution is 2.19. The van der Waals surface area contributed by atoms with Crippen molar-refractivity contribution in [2.75, 3.05) is 39.3 Å². The Bertz CT molecular complexity index is 570. The second-order valence-electron chi connectivity index (χ2n) is 5.72. The third-order valence-corrected chi connectivity index (χ3v) is 4.29. The van der Waals surface area contributed by atoms with Crippen LogP contribution in [0.15, 0.2) is 22.8 Å². The molecule has 1 aromatic rings. The summed E-state index contributed by atoms with van der Waals surface area (Å²) in [6, 6.07) is 3.33. The van der Waals surface area contributed by atoms with E-state index in [0.717, 1.165) is 0 Å². The van der Waals surface area contributed by atoms with Crippen molar-refractivity contribution in [1.82, 2.24) is 14.7 Å². The fourth-order valence-corrected chi connectivity index (χ4v) is 2.84. The van der Waals surface area contributed by atoms with Gasteiger partial charge in [0.2, 0.25) is 11.8 Å². The highest BCUT2D eigenvalue weighted by atomic mass is 16.3. The molecule has 3 rings (SSSR count). The standard InChI is InChI=1S/C15H19N3O4/c1-11(19)18-9-12(10-18)14(20)16-4-6-17(7-5-16)15(21)13-3-2-8-22-13/h2-3,8,12H,4-7,9-10H2,1H3. The summed E-state index contributed by atoms with van der Waals surface area (Å²) in [5.41, 5.74) is 0. The first-order chi connectivity index (χ1) is 10.6. The molecular formula is C15H19N3O4. The van der Waals surface area contributed by atoms with Gasteiger partial charge >= 0.3 is 0 Å². The van der Waals surface area contributed by atoms with Gasteiger partial charge in [0.25, 0.3) is 5.91 Å². The maximum atomic E-state index is 12.3. The van der Waals surface area contributed by atoms with Crippen molar-refractivity contribution < 1.29 is 18.8 Å². The zero-order valence-electron chi connectivity index (χ0n) is 12.5. The van der Waals surface area contributed by atoms with Gasteiger partial charge in [0.1, 0.15) is 0 Å². The number of carbonyl (C=O) groups excluding carboxylic acids is 3. The fourth-order valence-electron chi connectivity index (χ4n) is 2.84. The van der Waals surface area contributed by atoms with Crippen molar-refractivity contribution in [1.29, 1.82) is 0 Å². The molecule has 3 amide bonds. The van der Waals surface area contributed by atoms with E-state index in [1.54, 1.807) is 26.8 Å². The maximum Gasteiger partial charge on any atom is 0.289 e. The predicted molar refractivity (Wildman–Crippen MR) is 76.9 cm³/mol. The maximum absolute atomic E-state index is 12.3. The number of piperazine rings is 1. The average molecular weight is 305 g/mol. The first-order valence-electron chi connectivity index (χ1n) is 7.43. The topological polar surface area (TPSA) is 74.1 Å². The Kier molecular flexibility index (Phi) is 3.87. The summed E-state index contributed by atoms with van der Waals surface area (Å²) in [5.74, 6) is 0.205. The van der Waals surface area contributed by atoms with E-state index in [4.69, 9.17) is 4.42 Å². The van der Waals surface area contributed by atoms with Gasteiger partial charge in [0.15, 0.2) is 5.76 Å². The minimum absolute atomic E-state index is 0.0120. The van der Waals surface area contributed by atoms with Crippen LogP contribution < -0.4 is 0 Å². The highest BCUT2D eigenvalue weighted by molar-refractivity contribution is 5.91. The molecule has 118 valence electrons. The smallest absolute Gasteiger partial charge is 0.289 e. The van der Waals surface area contributed by atoms with Crippen LogP contribution in [0.2, 0.25) is 0 Å². The van der Waals surface area contributed by atoms with Crippen molar-refractivity contribution in [3.8, 4) is 0 Å². The summed E-state index contributed by atoms with van der Waals surface area (Å²) in [7, 11) is 0. The molecule has 3 heterocycles. The Labute approximate surface area is 128 Å². The van der Waals surface area contributed by atoms with E-state index < -0.39 is 0 Å². The first-order valence-corrected chi connectivity index (χ1v) is 7.43. The number of hydrogen-bond donors (Lipinski definition) is 0. The van der Waals surface area contributed by atoms with Gasteiger partial charge in [-0.2, -0.15) is 0 Å². The average Bonchev–Trinajstić information content (AvgIpc) is 2.98. The highest BCUT2D eigenvalue weighted by Gasteiger charge is 2.37. The molecule has 2 aliphatic rings. The molecule has 0 saturated carbocycles. The molecule has 2 fully saturated rings. The lowest BCUT2D eigenvalue weighted by atomic mass is 9.98. The largest absolute Gasteiger partial charge is 0.459 e. The molecule has 0 N–H and O–H groups in total. The van der Waals surface area contributed by atoms with Gasteiger partial charge in [0, 0.05) is 46.2 Å². The number of furan rings is 1.